The summed E-state index contributed by atoms with van der Waals surface area (Å²) in [5.41, 5.74) is 1.73. The van der Waals surface area contributed by atoms with Gasteiger partial charge in [-0.3, -0.25) is 0 Å². The Labute approximate surface area is 181 Å². The minimum Gasteiger partial charge on any atom is -0.495 e. The number of carbonyl (C=O) groups excluding carboxylic acids is 1. The highest BCUT2D eigenvalue weighted by molar-refractivity contribution is 7.09. The standard InChI is InChI=1S/C21H28ClN3O3S/c1-21(2,3)18-12-29-19(24-18)13-6-8-25(9-7-13)20(26)23-15-10-14(22)16(27-4)11-17(15)28-5/h10-13H,6-9H2,1-5H3,(H,23,26). The Balaban J connectivity index is 1.62. The summed E-state index contributed by atoms with van der Waals surface area (Å²) in [5.74, 6) is 1.41. The molecule has 6 nitrogen and oxygen atoms in total. The van der Waals surface area contributed by atoms with Gasteiger partial charge in [-0.15, -0.1) is 11.3 Å². The molecule has 1 N–H and O–H groups in total. The number of nitrogens with one attached hydrogen (secondary N) is 1. The minimum atomic E-state index is -0.155. The highest BCUT2D eigenvalue weighted by Crippen LogP contribution is 2.37. The second-order valence-electron chi connectivity index (χ2n) is 8.20. The summed E-state index contributed by atoms with van der Waals surface area (Å²) in [6, 6.07) is 3.16. The van der Waals surface area contributed by atoms with Gasteiger partial charge < -0.3 is 19.7 Å². The van der Waals surface area contributed by atoms with E-state index in [0.717, 1.165) is 18.5 Å². The number of benzene rings is 1. The number of piperidine rings is 1. The minimum absolute atomic E-state index is 0.0635. The number of amides is 2. The van der Waals surface area contributed by atoms with Crippen molar-refractivity contribution in [2.24, 2.45) is 0 Å². The van der Waals surface area contributed by atoms with E-state index in [4.69, 9.17) is 26.1 Å². The van der Waals surface area contributed by atoms with E-state index in [2.05, 4.69) is 31.5 Å². The van der Waals surface area contributed by atoms with Crippen LogP contribution in [0.3, 0.4) is 0 Å². The zero-order valence-corrected chi connectivity index (χ0v) is 19.1. The summed E-state index contributed by atoms with van der Waals surface area (Å²) in [7, 11) is 3.08. The normalized spacial score (nSPS) is 15.3. The Morgan fingerprint density at radius 3 is 2.41 bits per heavy atom. The van der Waals surface area contributed by atoms with Gasteiger partial charge in [-0.2, -0.15) is 0 Å². The van der Waals surface area contributed by atoms with Crippen molar-refractivity contribution in [2.75, 3.05) is 32.6 Å². The first-order chi connectivity index (χ1) is 13.7. The van der Waals surface area contributed by atoms with Crippen LogP contribution in [0, 0.1) is 0 Å². The summed E-state index contributed by atoms with van der Waals surface area (Å²) in [6.07, 6.45) is 1.82. The van der Waals surface area contributed by atoms with Crippen LogP contribution in [-0.4, -0.2) is 43.2 Å². The molecule has 2 amide bonds. The van der Waals surface area contributed by atoms with Crippen LogP contribution in [0.5, 0.6) is 11.5 Å². The second-order valence-corrected chi connectivity index (χ2v) is 9.50. The zero-order valence-electron chi connectivity index (χ0n) is 17.5. The Morgan fingerprint density at radius 2 is 1.86 bits per heavy atom. The third kappa shape index (κ3) is 4.95. The fraction of sp³-hybridized carbons (Fsp3) is 0.524. The van der Waals surface area contributed by atoms with Gasteiger partial charge in [0.25, 0.3) is 0 Å². The van der Waals surface area contributed by atoms with Crippen LogP contribution >= 0.6 is 22.9 Å². The van der Waals surface area contributed by atoms with E-state index >= 15 is 0 Å². The Morgan fingerprint density at radius 1 is 1.21 bits per heavy atom. The van der Waals surface area contributed by atoms with Crippen LogP contribution < -0.4 is 14.8 Å². The molecule has 1 aromatic carbocycles. The van der Waals surface area contributed by atoms with E-state index in [1.165, 1.54) is 12.1 Å². The number of nitrogens with zero attached hydrogens (tertiary/aromatic N) is 2. The molecule has 8 heteroatoms. The average molecular weight is 438 g/mol. The van der Waals surface area contributed by atoms with Crippen molar-refractivity contribution in [3.63, 3.8) is 0 Å². The van der Waals surface area contributed by atoms with Crippen molar-refractivity contribution in [2.45, 2.75) is 44.9 Å². The maximum atomic E-state index is 12.8. The number of rotatable bonds is 4. The lowest BCUT2D eigenvalue weighted by atomic mass is 9.93. The van der Waals surface area contributed by atoms with E-state index in [1.807, 2.05) is 4.90 Å². The van der Waals surface area contributed by atoms with Crippen molar-refractivity contribution >= 4 is 34.7 Å². The lowest BCUT2D eigenvalue weighted by Crippen LogP contribution is -2.40. The highest BCUT2D eigenvalue weighted by atomic mass is 35.5. The Hall–Kier alpha value is -1.99. The van der Waals surface area contributed by atoms with Gasteiger partial charge in [0.05, 0.1) is 35.6 Å². The molecule has 158 valence electrons. The topological polar surface area (TPSA) is 63.7 Å². The van der Waals surface area contributed by atoms with E-state index < -0.39 is 0 Å². The molecule has 1 aromatic heterocycles. The number of carbonyl (C=O) groups is 1. The lowest BCUT2D eigenvalue weighted by molar-refractivity contribution is 0.194. The molecule has 2 aromatic rings. The molecule has 0 radical (unpaired) electrons. The molecule has 1 aliphatic heterocycles. The summed E-state index contributed by atoms with van der Waals surface area (Å²) in [6.45, 7) is 7.91. The number of aromatic nitrogens is 1. The van der Waals surface area contributed by atoms with Crippen molar-refractivity contribution in [3.8, 4) is 11.5 Å². The molecule has 0 spiro atoms. The molecule has 0 saturated carbocycles. The first kappa shape index (κ1) is 21.7. The number of hydrogen-bond acceptors (Lipinski definition) is 5. The quantitative estimate of drug-likeness (QED) is 0.683. The largest absolute Gasteiger partial charge is 0.495 e. The fourth-order valence-corrected chi connectivity index (χ4v) is 4.76. The van der Waals surface area contributed by atoms with Gasteiger partial charge in [-0.25, -0.2) is 9.78 Å². The number of thiazole rings is 1. The van der Waals surface area contributed by atoms with Gasteiger partial charge in [-0.1, -0.05) is 32.4 Å². The van der Waals surface area contributed by atoms with Crippen LogP contribution in [0.4, 0.5) is 10.5 Å². The summed E-state index contributed by atoms with van der Waals surface area (Å²) >= 11 is 7.93. The molecule has 0 aliphatic carbocycles. The number of halogens is 1. The van der Waals surface area contributed by atoms with Gasteiger partial charge in [0.1, 0.15) is 11.5 Å². The van der Waals surface area contributed by atoms with E-state index in [-0.39, 0.29) is 11.4 Å². The smallest absolute Gasteiger partial charge is 0.321 e. The predicted molar refractivity (Wildman–Crippen MR) is 118 cm³/mol. The Kier molecular flexibility index (Phi) is 6.58. The van der Waals surface area contributed by atoms with Gasteiger partial charge in [0.15, 0.2) is 0 Å². The van der Waals surface area contributed by atoms with Crippen LogP contribution in [0.1, 0.15) is 50.2 Å². The fourth-order valence-electron chi connectivity index (χ4n) is 3.30. The third-order valence-corrected chi connectivity index (χ3v) is 6.44. The van der Waals surface area contributed by atoms with E-state index in [9.17, 15) is 4.79 Å². The molecule has 3 rings (SSSR count). The second kappa shape index (κ2) is 8.79. The molecule has 1 aliphatic rings. The number of anilines is 1. The van der Waals surface area contributed by atoms with Crippen molar-refractivity contribution in [1.29, 1.82) is 0 Å². The van der Waals surface area contributed by atoms with Crippen LogP contribution in [0.15, 0.2) is 17.5 Å². The average Bonchev–Trinajstić information content (AvgIpc) is 3.19. The molecule has 29 heavy (non-hydrogen) atoms. The molecule has 1 saturated heterocycles. The van der Waals surface area contributed by atoms with Crippen molar-refractivity contribution in [1.82, 2.24) is 9.88 Å². The van der Waals surface area contributed by atoms with Gasteiger partial charge in [-0.05, 0) is 18.9 Å². The molecule has 0 atom stereocenters. The number of hydrogen-bond donors (Lipinski definition) is 1. The van der Waals surface area contributed by atoms with Crippen molar-refractivity contribution in [3.05, 3.63) is 33.2 Å². The monoisotopic (exact) mass is 437 g/mol. The van der Waals surface area contributed by atoms with Crippen LogP contribution in [0.25, 0.3) is 0 Å². The van der Waals surface area contributed by atoms with E-state index in [1.54, 1.807) is 30.6 Å². The molecule has 0 bridgehead atoms. The molecular weight excluding hydrogens is 410 g/mol. The lowest BCUT2D eigenvalue weighted by Gasteiger charge is -2.31. The van der Waals surface area contributed by atoms with Gasteiger partial charge in [0, 0.05) is 35.9 Å². The first-order valence-electron chi connectivity index (χ1n) is 9.66. The number of methoxy groups -OCH3 is 2. The zero-order chi connectivity index (χ0) is 21.2. The maximum absolute atomic E-state index is 12.8. The summed E-state index contributed by atoms with van der Waals surface area (Å²) in [4.78, 5) is 19.4. The molecule has 2 heterocycles. The maximum Gasteiger partial charge on any atom is 0.321 e. The molecular formula is C21H28ClN3O3S. The SMILES string of the molecule is COc1cc(OC)c(NC(=O)N2CCC(c3nc(C(C)(C)C)cs3)CC2)cc1Cl. The van der Waals surface area contributed by atoms with Gasteiger partial charge in [0.2, 0.25) is 0 Å². The number of likely N-dealkylation sites (tertiary alicyclic amines) is 1. The third-order valence-electron chi connectivity index (χ3n) is 5.14. The van der Waals surface area contributed by atoms with Crippen LogP contribution in [0.2, 0.25) is 5.02 Å². The first-order valence-corrected chi connectivity index (χ1v) is 10.9. The molecule has 0 unspecified atom stereocenters. The summed E-state index contributed by atoms with van der Waals surface area (Å²) < 4.78 is 10.6. The van der Waals surface area contributed by atoms with Gasteiger partial charge >= 0.3 is 6.03 Å². The van der Waals surface area contributed by atoms with E-state index in [0.29, 0.717) is 41.2 Å². The van der Waals surface area contributed by atoms with Crippen LogP contribution in [-0.2, 0) is 5.41 Å². The summed E-state index contributed by atoms with van der Waals surface area (Å²) in [5, 5.41) is 6.67. The predicted octanol–water partition coefficient (Wildman–Crippen LogP) is 5.52. The number of urea groups is 1. The van der Waals surface area contributed by atoms with Crippen molar-refractivity contribution < 1.29 is 14.3 Å². The molecule has 1 fully saturated rings. The highest BCUT2D eigenvalue weighted by Gasteiger charge is 2.27. The number of ether oxygens (including phenoxy) is 2. The Bertz CT molecular complexity index is 871.